The summed E-state index contributed by atoms with van der Waals surface area (Å²) in [6.45, 7) is 14.3. The lowest BCUT2D eigenvalue weighted by Crippen LogP contribution is -2.47. The van der Waals surface area contributed by atoms with E-state index in [1.807, 2.05) is 6.20 Å². The number of likely N-dealkylation sites (N-methyl/N-ethyl adjacent to an activating group) is 1. The molecular formula is C38H50N6O4S. The van der Waals surface area contributed by atoms with Gasteiger partial charge in [-0.2, -0.15) is 0 Å². The molecule has 11 heteroatoms. The maximum Gasteiger partial charge on any atom is 0.293 e. The van der Waals surface area contributed by atoms with Crippen molar-refractivity contribution in [3.63, 3.8) is 0 Å². The number of hydrogen-bond donors (Lipinski definition) is 1. The first-order chi connectivity index (χ1) is 23.7. The zero-order valence-electron chi connectivity index (χ0n) is 29.7. The maximum absolute atomic E-state index is 11.5. The quantitative estimate of drug-likeness (QED) is 0.144. The third-order valence-electron chi connectivity index (χ3n) is 10.1. The van der Waals surface area contributed by atoms with Gasteiger partial charge in [-0.25, -0.2) is 4.98 Å². The fraction of sp³-hybridized carbons (Fsp3) is 0.526. The highest BCUT2D eigenvalue weighted by Gasteiger charge is 2.33. The molecule has 1 saturated heterocycles. The second-order valence-electron chi connectivity index (χ2n) is 14.2. The number of fused-ring (bicyclic) bond motifs is 1. The summed E-state index contributed by atoms with van der Waals surface area (Å²) in [5.41, 5.74) is 8.14. The Balaban J connectivity index is 1.49. The molecule has 1 aliphatic heterocycles. The number of anilines is 1. The molecule has 2 atom stereocenters. The van der Waals surface area contributed by atoms with Crippen molar-refractivity contribution in [3.8, 4) is 22.5 Å². The SMILES string of the molecule is CCn1c(-c2cc(N3CCN(C4CC4)CC3)cnc2C(C)OC)c(CC(C)(C)COC=O)c2cc(-c3csc(CC(C=O)NC)n3)ccc21. The van der Waals surface area contributed by atoms with Gasteiger partial charge in [0.1, 0.15) is 6.29 Å². The number of pyridine rings is 1. The van der Waals surface area contributed by atoms with Gasteiger partial charge in [0.25, 0.3) is 6.47 Å². The van der Waals surface area contributed by atoms with Crippen LogP contribution >= 0.6 is 11.3 Å². The van der Waals surface area contributed by atoms with E-state index in [4.69, 9.17) is 19.4 Å². The van der Waals surface area contributed by atoms with Gasteiger partial charge in [-0.15, -0.1) is 11.3 Å². The topological polar surface area (TPSA) is 102 Å². The van der Waals surface area contributed by atoms with Crippen LogP contribution in [0.4, 0.5) is 5.69 Å². The third kappa shape index (κ3) is 7.60. The summed E-state index contributed by atoms with van der Waals surface area (Å²) in [4.78, 5) is 37.9. The van der Waals surface area contributed by atoms with E-state index in [-0.39, 0.29) is 17.6 Å². The lowest BCUT2D eigenvalue weighted by atomic mass is 9.84. The van der Waals surface area contributed by atoms with Gasteiger partial charge in [-0.05, 0) is 63.9 Å². The van der Waals surface area contributed by atoms with Gasteiger partial charge in [0.05, 0.1) is 52.7 Å². The Morgan fingerprint density at radius 1 is 1.14 bits per heavy atom. The first-order valence-corrected chi connectivity index (χ1v) is 18.4. The Morgan fingerprint density at radius 2 is 1.92 bits per heavy atom. The van der Waals surface area contributed by atoms with Crippen molar-refractivity contribution in [3.05, 3.63) is 52.1 Å². The number of piperazine rings is 1. The maximum atomic E-state index is 11.5. The summed E-state index contributed by atoms with van der Waals surface area (Å²) < 4.78 is 13.7. The van der Waals surface area contributed by atoms with Crippen LogP contribution in [0.5, 0.6) is 0 Å². The zero-order chi connectivity index (χ0) is 34.7. The van der Waals surface area contributed by atoms with E-state index in [0.717, 1.165) is 94.9 Å². The highest BCUT2D eigenvalue weighted by Crippen LogP contribution is 2.43. The van der Waals surface area contributed by atoms with Crippen molar-refractivity contribution in [1.29, 1.82) is 0 Å². The van der Waals surface area contributed by atoms with Gasteiger partial charge < -0.3 is 29.1 Å². The average Bonchev–Trinajstić information content (AvgIpc) is 3.80. The first kappa shape index (κ1) is 35.2. The predicted octanol–water partition coefficient (Wildman–Crippen LogP) is 5.91. The molecule has 10 nitrogen and oxygen atoms in total. The number of aldehydes is 1. The number of hydrogen-bond acceptors (Lipinski definition) is 10. The number of nitrogens with zero attached hydrogens (tertiary/aromatic N) is 5. The van der Waals surface area contributed by atoms with Crippen LogP contribution in [0, 0.1) is 5.41 Å². The molecule has 0 amide bonds. The van der Waals surface area contributed by atoms with E-state index in [2.05, 4.69) is 77.0 Å². The van der Waals surface area contributed by atoms with Gasteiger partial charge in [-0.1, -0.05) is 19.9 Å². The van der Waals surface area contributed by atoms with Crippen molar-refractivity contribution in [1.82, 2.24) is 24.8 Å². The highest BCUT2D eigenvalue weighted by molar-refractivity contribution is 7.10. The standard InChI is InChI=1S/C38H50N6O4S/c1-7-44-34-11-8-26(33-22-49-35(41-33)17-27(21-45)39-5)16-30(34)32(19-38(3,4)23-48-24-46)37(44)31-18-29(20-40-36(31)25(2)47-6)43-14-12-42(13-15-43)28-9-10-28/h8,11,16,18,20-22,24-25,27-28,39H,7,9-10,12-15,17,19,23H2,1-6H3. The molecule has 0 bridgehead atoms. The van der Waals surface area contributed by atoms with Crippen LogP contribution in [0.25, 0.3) is 33.4 Å². The Morgan fingerprint density at radius 3 is 2.57 bits per heavy atom. The number of rotatable bonds is 16. The number of aryl methyl sites for hydroxylation is 1. The van der Waals surface area contributed by atoms with Gasteiger partial charge in [0, 0.05) is 85.1 Å². The fourth-order valence-corrected chi connectivity index (χ4v) is 8.04. The van der Waals surface area contributed by atoms with Crippen LogP contribution in [0.2, 0.25) is 0 Å². The molecule has 6 rings (SSSR count). The van der Waals surface area contributed by atoms with Crippen LogP contribution in [-0.2, 0) is 38.4 Å². The minimum Gasteiger partial charge on any atom is -0.467 e. The van der Waals surface area contributed by atoms with Gasteiger partial charge in [-0.3, -0.25) is 14.7 Å². The molecule has 1 aliphatic carbocycles. The number of carbonyl (C=O) groups is 2. The summed E-state index contributed by atoms with van der Waals surface area (Å²) in [6, 6.07) is 9.42. The first-order valence-electron chi connectivity index (χ1n) is 17.5. The summed E-state index contributed by atoms with van der Waals surface area (Å²) in [6.07, 6.45) is 6.63. The van der Waals surface area contributed by atoms with E-state index in [9.17, 15) is 9.59 Å². The Labute approximate surface area is 293 Å². The van der Waals surface area contributed by atoms with Crippen molar-refractivity contribution in [2.24, 2.45) is 5.41 Å². The number of methoxy groups -OCH3 is 1. The van der Waals surface area contributed by atoms with Crippen LogP contribution in [0.15, 0.2) is 35.8 Å². The Bertz CT molecular complexity index is 1770. The van der Waals surface area contributed by atoms with E-state index in [1.54, 1.807) is 25.5 Å². The summed E-state index contributed by atoms with van der Waals surface area (Å²) >= 11 is 1.58. The molecule has 4 aromatic rings. The number of aromatic nitrogens is 3. The molecule has 2 unspecified atom stereocenters. The molecule has 49 heavy (non-hydrogen) atoms. The van der Waals surface area contributed by atoms with E-state index in [0.29, 0.717) is 25.9 Å². The molecule has 3 aromatic heterocycles. The Kier molecular flexibility index (Phi) is 10.8. The molecular weight excluding hydrogens is 637 g/mol. The normalized spacial score (nSPS) is 17.0. The molecule has 4 heterocycles. The number of nitrogens with one attached hydrogen (secondary N) is 1. The largest absolute Gasteiger partial charge is 0.467 e. The average molecular weight is 687 g/mol. The fourth-order valence-electron chi connectivity index (χ4n) is 7.18. The van der Waals surface area contributed by atoms with Crippen LogP contribution in [-0.4, -0.2) is 91.2 Å². The van der Waals surface area contributed by atoms with Crippen molar-refractivity contribution >= 4 is 40.7 Å². The number of ether oxygens (including phenoxy) is 2. The van der Waals surface area contributed by atoms with Crippen LogP contribution in [0.3, 0.4) is 0 Å². The Hall–Kier alpha value is -3.64. The smallest absolute Gasteiger partial charge is 0.293 e. The minimum atomic E-state index is -0.333. The molecule has 1 aromatic carbocycles. The minimum absolute atomic E-state index is 0.213. The van der Waals surface area contributed by atoms with Crippen molar-refractivity contribution in [2.45, 2.75) is 78.1 Å². The molecule has 1 saturated carbocycles. The summed E-state index contributed by atoms with van der Waals surface area (Å²) in [5, 5.41) is 7.17. The lowest BCUT2D eigenvalue weighted by Gasteiger charge is -2.36. The molecule has 0 radical (unpaired) electrons. The van der Waals surface area contributed by atoms with Crippen LogP contribution in [0.1, 0.15) is 62.9 Å². The number of thiazole rings is 1. The van der Waals surface area contributed by atoms with Gasteiger partial charge in [0.2, 0.25) is 0 Å². The van der Waals surface area contributed by atoms with Crippen molar-refractivity contribution < 1.29 is 19.1 Å². The number of benzene rings is 1. The summed E-state index contributed by atoms with van der Waals surface area (Å²) in [7, 11) is 3.53. The molecule has 2 aliphatic rings. The zero-order valence-corrected chi connectivity index (χ0v) is 30.5. The van der Waals surface area contributed by atoms with E-state index < -0.39 is 0 Å². The lowest BCUT2D eigenvalue weighted by molar-refractivity contribution is -0.131. The van der Waals surface area contributed by atoms with Crippen molar-refractivity contribution in [2.75, 3.05) is 51.8 Å². The van der Waals surface area contributed by atoms with E-state index >= 15 is 0 Å². The molecule has 0 spiro atoms. The predicted molar refractivity (Wildman–Crippen MR) is 196 cm³/mol. The van der Waals surface area contributed by atoms with Gasteiger partial charge >= 0.3 is 0 Å². The second kappa shape index (κ2) is 15.1. The monoisotopic (exact) mass is 686 g/mol. The van der Waals surface area contributed by atoms with Crippen LogP contribution < -0.4 is 10.2 Å². The molecule has 1 N–H and O–H groups in total. The third-order valence-corrected chi connectivity index (χ3v) is 11.0. The highest BCUT2D eigenvalue weighted by atomic mass is 32.1. The summed E-state index contributed by atoms with van der Waals surface area (Å²) in [5.74, 6) is 0. The molecule has 262 valence electrons. The molecule has 2 fully saturated rings. The van der Waals surface area contributed by atoms with Gasteiger partial charge in [0.15, 0.2) is 0 Å². The van der Waals surface area contributed by atoms with E-state index in [1.165, 1.54) is 18.4 Å². The number of carbonyl (C=O) groups excluding carboxylic acids is 2. The second-order valence-corrected chi connectivity index (χ2v) is 15.1.